The molecule has 4 N–H and O–H groups in total. The Morgan fingerprint density at radius 3 is 2.57 bits per heavy atom. The van der Waals surface area contributed by atoms with E-state index in [-0.39, 0.29) is 33.6 Å². The lowest BCUT2D eigenvalue weighted by Gasteiger charge is -2.52. The summed E-state index contributed by atoms with van der Waals surface area (Å²) >= 11 is 1.04. The van der Waals surface area contributed by atoms with Crippen molar-refractivity contribution in [3.8, 4) is 5.19 Å². The number of ether oxygens (including phenoxy) is 2. The zero-order chi connectivity index (χ0) is 25.7. The van der Waals surface area contributed by atoms with Gasteiger partial charge in [0.05, 0.1) is 30.9 Å². The monoisotopic (exact) mass is 505 g/mol. The third kappa shape index (κ3) is 3.05. The van der Waals surface area contributed by atoms with Gasteiger partial charge in [0.15, 0.2) is 6.10 Å². The first-order valence-corrected chi connectivity index (χ1v) is 13.0. The van der Waals surface area contributed by atoms with E-state index < -0.39 is 41.9 Å². The van der Waals surface area contributed by atoms with Crippen molar-refractivity contribution in [1.82, 2.24) is 4.98 Å². The highest BCUT2D eigenvalue weighted by atomic mass is 32.1. The van der Waals surface area contributed by atoms with Gasteiger partial charge in [0.2, 0.25) is 0 Å². The van der Waals surface area contributed by atoms with Gasteiger partial charge in [0, 0.05) is 5.92 Å². The molecule has 35 heavy (non-hydrogen) atoms. The van der Waals surface area contributed by atoms with E-state index in [4.69, 9.17) is 9.47 Å². The predicted molar refractivity (Wildman–Crippen MR) is 129 cm³/mol. The minimum Gasteiger partial charge on any atom is -0.473 e. The van der Waals surface area contributed by atoms with Gasteiger partial charge in [-0.2, -0.15) is 0 Å². The van der Waals surface area contributed by atoms with Crippen molar-refractivity contribution in [1.29, 1.82) is 0 Å². The maximum atomic E-state index is 13.2. The fourth-order valence-corrected chi connectivity index (χ4v) is 8.48. The van der Waals surface area contributed by atoms with Crippen LogP contribution in [0.4, 0.5) is 0 Å². The van der Waals surface area contributed by atoms with Crippen LogP contribution >= 0.6 is 11.3 Å². The van der Waals surface area contributed by atoms with Gasteiger partial charge in [0.25, 0.3) is 5.19 Å². The van der Waals surface area contributed by atoms with Gasteiger partial charge in [-0.05, 0) is 54.6 Å². The van der Waals surface area contributed by atoms with Crippen LogP contribution in [0.1, 0.15) is 49.5 Å². The van der Waals surface area contributed by atoms with Crippen molar-refractivity contribution in [2.24, 2.45) is 34.5 Å². The quantitative estimate of drug-likeness (QED) is 0.362. The molecule has 192 valence electrons. The molecule has 2 fully saturated rings. The van der Waals surface area contributed by atoms with Gasteiger partial charge >= 0.3 is 5.97 Å². The van der Waals surface area contributed by atoms with Crippen molar-refractivity contribution in [2.75, 3.05) is 13.7 Å². The number of hydrogen-bond acceptors (Lipinski definition) is 9. The Morgan fingerprint density at radius 1 is 1.29 bits per heavy atom. The number of fused-ring (bicyclic) bond motifs is 3. The molecule has 9 atom stereocenters. The van der Waals surface area contributed by atoms with Crippen LogP contribution in [0.25, 0.3) is 0 Å². The number of aliphatic hydroxyl groups excluding tert-OH is 3. The second-order valence-electron chi connectivity index (χ2n) is 11.4. The van der Waals surface area contributed by atoms with E-state index in [1.165, 1.54) is 7.11 Å². The fraction of sp³-hybridized carbons (Fsp3) is 0.692. The Bertz CT molecular complexity index is 1120. The van der Waals surface area contributed by atoms with E-state index in [1.807, 2.05) is 13.0 Å². The normalized spacial score (nSPS) is 43.2. The molecule has 0 radical (unpaired) electrons. The zero-order valence-electron chi connectivity index (χ0n) is 21.0. The minimum atomic E-state index is -2.06. The Morgan fingerprint density at radius 2 is 1.97 bits per heavy atom. The summed E-state index contributed by atoms with van der Waals surface area (Å²) in [6, 6.07) is 0. The summed E-state index contributed by atoms with van der Waals surface area (Å²) in [6.07, 6.45) is 0.572. The first kappa shape index (κ1) is 24.9. The van der Waals surface area contributed by atoms with Crippen LogP contribution in [0.2, 0.25) is 0 Å². The molecular weight excluding hydrogens is 470 g/mol. The summed E-state index contributed by atoms with van der Waals surface area (Å²) in [7, 11) is 1.46. The van der Waals surface area contributed by atoms with Crippen molar-refractivity contribution in [3.63, 3.8) is 0 Å². The van der Waals surface area contributed by atoms with E-state index in [0.29, 0.717) is 22.4 Å². The number of hydrogen-bond donors (Lipinski definition) is 4. The van der Waals surface area contributed by atoms with Crippen LogP contribution in [0, 0.1) is 41.4 Å². The maximum Gasteiger partial charge on any atom is 0.351 e. The molecule has 5 rings (SSSR count). The minimum absolute atomic E-state index is 0.0119. The average molecular weight is 506 g/mol. The van der Waals surface area contributed by atoms with Crippen LogP contribution in [-0.2, 0) is 4.74 Å². The SMILES string of the molecule is COc1nc(C)c(C(=O)O[C@H]2C(C)=C[C@]34C(O)[C@@H](C=C(CO)[C@@H](O)[C@]23O)[C@H]2[C@@H](C[C@H]4C)C2(C)C)s1. The number of thiazole rings is 1. The van der Waals surface area contributed by atoms with Crippen LogP contribution in [0.5, 0.6) is 5.19 Å². The van der Waals surface area contributed by atoms with E-state index in [0.717, 1.165) is 17.8 Å². The summed E-state index contributed by atoms with van der Waals surface area (Å²) in [5.41, 5.74) is -2.05. The van der Waals surface area contributed by atoms with Gasteiger partial charge in [-0.3, -0.25) is 0 Å². The molecule has 4 aliphatic rings. The number of aryl methyl sites for hydroxylation is 1. The molecule has 0 amide bonds. The van der Waals surface area contributed by atoms with Crippen molar-refractivity contribution in [2.45, 2.75) is 65.0 Å². The Kier molecular flexibility index (Phi) is 5.59. The van der Waals surface area contributed by atoms with Gasteiger partial charge in [0.1, 0.15) is 16.6 Å². The fourth-order valence-electron chi connectivity index (χ4n) is 7.71. The lowest BCUT2D eigenvalue weighted by Crippen LogP contribution is -2.66. The lowest BCUT2D eigenvalue weighted by molar-refractivity contribution is -0.215. The first-order chi connectivity index (χ1) is 16.4. The second kappa shape index (κ2) is 7.86. The zero-order valence-corrected chi connectivity index (χ0v) is 21.8. The van der Waals surface area contributed by atoms with E-state index >= 15 is 0 Å². The third-order valence-corrected chi connectivity index (χ3v) is 10.6. The van der Waals surface area contributed by atoms with Crippen LogP contribution in [0.3, 0.4) is 0 Å². The molecule has 2 saturated carbocycles. The molecule has 1 spiro atoms. The lowest BCUT2D eigenvalue weighted by atomic mass is 9.58. The number of carbonyl (C=O) groups excluding carboxylic acids is 1. The molecule has 2 bridgehead atoms. The largest absolute Gasteiger partial charge is 0.473 e. The molecule has 9 heteroatoms. The summed E-state index contributed by atoms with van der Waals surface area (Å²) in [4.78, 5) is 17.7. The topological polar surface area (TPSA) is 129 Å². The number of nitrogens with zero attached hydrogens (tertiary/aromatic N) is 1. The highest BCUT2D eigenvalue weighted by molar-refractivity contribution is 7.15. The van der Waals surface area contributed by atoms with Gasteiger partial charge in [-0.15, -0.1) is 0 Å². The number of aliphatic hydroxyl groups is 4. The highest BCUT2D eigenvalue weighted by Gasteiger charge is 2.76. The molecular formula is C26H35NO7S. The molecule has 4 aliphatic carbocycles. The predicted octanol–water partition coefficient (Wildman–Crippen LogP) is 2.25. The number of carbonyl (C=O) groups is 1. The number of methoxy groups -OCH3 is 1. The molecule has 0 aliphatic heterocycles. The summed E-state index contributed by atoms with van der Waals surface area (Å²) in [6.45, 7) is 9.31. The van der Waals surface area contributed by atoms with E-state index in [9.17, 15) is 25.2 Å². The second-order valence-corrected chi connectivity index (χ2v) is 12.4. The molecule has 1 heterocycles. The third-order valence-electron chi connectivity index (χ3n) is 9.52. The maximum absolute atomic E-state index is 13.2. The molecule has 1 unspecified atom stereocenters. The van der Waals surface area contributed by atoms with Crippen LogP contribution in [0.15, 0.2) is 23.3 Å². The standard InChI is InChI=1S/C26H35NO7S/c1-11-9-25-12(2)7-16-17(24(16,4)5)15(20(25)30)8-14(10-28)19(29)26(25,32)21(11)34-22(31)18-13(3)27-23(33-6)35-18/h8-9,12,15-17,19-21,28-30,32H,7,10H2,1-6H3/t12-,15+,16-,17+,19-,20?,21+,25+,26+/m1/s1. The number of rotatable bonds is 4. The van der Waals surface area contributed by atoms with E-state index in [2.05, 4.69) is 18.8 Å². The Balaban J connectivity index is 1.62. The molecule has 8 nitrogen and oxygen atoms in total. The number of esters is 1. The summed E-state index contributed by atoms with van der Waals surface area (Å²) in [5.74, 6) is -0.745. The Labute approximate surface area is 209 Å². The van der Waals surface area contributed by atoms with Gasteiger partial charge < -0.3 is 29.9 Å². The molecule has 0 aromatic carbocycles. The van der Waals surface area contributed by atoms with Gasteiger partial charge in [-0.25, -0.2) is 9.78 Å². The smallest absolute Gasteiger partial charge is 0.351 e. The molecule has 1 aromatic heterocycles. The van der Waals surface area contributed by atoms with Crippen molar-refractivity contribution in [3.05, 3.63) is 33.9 Å². The van der Waals surface area contributed by atoms with Crippen LogP contribution in [-0.4, -0.2) is 69.0 Å². The molecule has 1 aromatic rings. The van der Waals surface area contributed by atoms with Crippen molar-refractivity contribution >= 4 is 17.3 Å². The average Bonchev–Trinajstić information content (AvgIpc) is 3.08. The summed E-state index contributed by atoms with van der Waals surface area (Å²) < 4.78 is 11.1. The number of aromatic nitrogens is 1. The summed E-state index contributed by atoms with van der Waals surface area (Å²) in [5, 5.41) is 46.6. The van der Waals surface area contributed by atoms with E-state index in [1.54, 1.807) is 19.9 Å². The first-order valence-electron chi connectivity index (χ1n) is 12.2. The van der Waals surface area contributed by atoms with Crippen molar-refractivity contribution < 1.29 is 34.7 Å². The molecule has 0 saturated heterocycles. The van der Waals surface area contributed by atoms with Gasteiger partial charge in [-0.1, -0.05) is 44.3 Å². The highest BCUT2D eigenvalue weighted by Crippen LogP contribution is 2.72. The van der Waals surface area contributed by atoms with Crippen LogP contribution < -0.4 is 4.74 Å². The Hall–Kier alpha value is -1.78.